The summed E-state index contributed by atoms with van der Waals surface area (Å²) in [7, 11) is 0. The van der Waals surface area contributed by atoms with Crippen LogP contribution in [-0.4, -0.2) is 12.5 Å². The molecule has 4 heteroatoms. The van der Waals surface area contributed by atoms with E-state index in [9.17, 15) is 9.18 Å². The van der Waals surface area contributed by atoms with E-state index in [1.165, 1.54) is 6.07 Å². The summed E-state index contributed by atoms with van der Waals surface area (Å²) in [4.78, 5) is 12.4. The molecular formula is C20H22FNO2. The fraction of sp³-hybridized carbons (Fsp3) is 0.350. The highest BCUT2D eigenvalue weighted by Gasteiger charge is 2.45. The third-order valence-electron chi connectivity index (χ3n) is 4.48. The van der Waals surface area contributed by atoms with E-state index in [-0.39, 0.29) is 29.6 Å². The molecule has 0 spiro atoms. The minimum Gasteiger partial charge on any atom is -0.494 e. The van der Waals surface area contributed by atoms with Crippen molar-refractivity contribution in [1.82, 2.24) is 5.32 Å². The molecule has 3 atom stereocenters. The lowest BCUT2D eigenvalue weighted by Gasteiger charge is -2.15. The second kappa shape index (κ2) is 7.04. The average molecular weight is 327 g/mol. The Labute approximate surface area is 141 Å². The molecule has 0 aliphatic heterocycles. The Bertz CT molecular complexity index is 714. The Hall–Kier alpha value is -2.36. The van der Waals surface area contributed by atoms with Gasteiger partial charge in [0, 0.05) is 5.92 Å². The summed E-state index contributed by atoms with van der Waals surface area (Å²) in [6.45, 7) is 4.53. The second-order valence-corrected chi connectivity index (χ2v) is 6.20. The first-order valence-corrected chi connectivity index (χ1v) is 8.37. The Kier molecular flexibility index (Phi) is 4.84. The van der Waals surface area contributed by atoms with E-state index in [2.05, 4.69) is 5.32 Å². The molecule has 1 N–H and O–H groups in total. The maximum Gasteiger partial charge on any atom is 0.224 e. The van der Waals surface area contributed by atoms with Gasteiger partial charge in [-0.25, -0.2) is 4.39 Å². The van der Waals surface area contributed by atoms with Crippen LogP contribution in [0.25, 0.3) is 0 Å². The Morgan fingerprint density at radius 2 is 1.96 bits per heavy atom. The van der Waals surface area contributed by atoms with Gasteiger partial charge in [0.25, 0.3) is 0 Å². The predicted octanol–water partition coefficient (Wildman–Crippen LogP) is 4.21. The van der Waals surface area contributed by atoms with Crippen molar-refractivity contribution in [2.75, 3.05) is 6.61 Å². The van der Waals surface area contributed by atoms with Crippen LogP contribution in [0.1, 0.15) is 43.4 Å². The van der Waals surface area contributed by atoms with Crippen LogP contribution in [-0.2, 0) is 4.79 Å². The normalized spacial score (nSPS) is 20.3. The number of carbonyl (C=O) groups excluding carboxylic acids is 1. The van der Waals surface area contributed by atoms with Gasteiger partial charge in [-0.2, -0.15) is 0 Å². The summed E-state index contributed by atoms with van der Waals surface area (Å²) in [5, 5.41) is 3.03. The molecule has 3 unspecified atom stereocenters. The van der Waals surface area contributed by atoms with Gasteiger partial charge in [0.05, 0.1) is 12.6 Å². The number of nitrogens with one attached hydrogen (secondary N) is 1. The van der Waals surface area contributed by atoms with Gasteiger partial charge in [-0.15, -0.1) is 0 Å². The third-order valence-corrected chi connectivity index (χ3v) is 4.48. The van der Waals surface area contributed by atoms with Crippen LogP contribution < -0.4 is 10.1 Å². The molecule has 1 aliphatic rings. The maximum absolute atomic E-state index is 13.8. The largest absolute Gasteiger partial charge is 0.494 e. The molecule has 2 aromatic carbocycles. The van der Waals surface area contributed by atoms with Crippen LogP contribution in [0, 0.1) is 11.7 Å². The van der Waals surface area contributed by atoms with Gasteiger partial charge in [0.1, 0.15) is 11.6 Å². The van der Waals surface area contributed by atoms with E-state index < -0.39 is 0 Å². The molecule has 2 aromatic rings. The third kappa shape index (κ3) is 3.58. The maximum atomic E-state index is 13.8. The lowest BCUT2D eigenvalue weighted by atomic mass is 10.1. The van der Waals surface area contributed by atoms with Gasteiger partial charge < -0.3 is 10.1 Å². The van der Waals surface area contributed by atoms with Gasteiger partial charge >= 0.3 is 0 Å². The number of benzene rings is 2. The summed E-state index contributed by atoms with van der Waals surface area (Å²) in [5.74, 6) is 0.453. The van der Waals surface area contributed by atoms with E-state index in [0.717, 1.165) is 11.3 Å². The fourth-order valence-corrected chi connectivity index (χ4v) is 3.03. The monoisotopic (exact) mass is 327 g/mol. The summed E-state index contributed by atoms with van der Waals surface area (Å²) < 4.78 is 19.2. The lowest BCUT2D eigenvalue weighted by Crippen LogP contribution is -2.28. The van der Waals surface area contributed by atoms with Crippen molar-refractivity contribution in [1.29, 1.82) is 0 Å². The first-order valence-electron chi connectivity index (χ1n) is 8.37. The van der Waals surface area contributed by atoms with Gasteiger partial charge in [0.15, 0.2) is 0 Å². The average Bonchev–Trinajstić information content (AvgIpc) is 3.37. The molecule has 1 amide bonds. The first-order chi connectivity index (χ1) is 11.6. The molecule has 0 aromatic heterocycles. The van der Waals surface area contributed by atoms with E-state index in [0.29, 0.717) is 18.6 Å². The fourth-order valence-electron chi connectivity index (χ4n) is 3.03. The molecular weight excluding hydrogens is 305 g/mol. The van der Waals surface area contributed by atoms with Crippen molar-refractivity contribution in [2.45, 2.75) is 32.2 Å². The van der Waals surface area contributed by atoms with E-state index in [1.54, 1.807) is 12.1 Å². The summed E-state index contributed by atoms with van der Waals surface area (Å²) in [6.07, 6.45) is 0.711. The van der Waals surface area contributed by atoms with Crippen molar-refractivity contribution < 1.29 is 13.9 Å². The number of rotatable bonds is 6. The molecule has 0 bridgehead atoms. The quantitative estimate of drug-likeness (QED) is 0.863. The van der Waals surface area contributed by atoms with E-state index in [4.69, 9.17) is 4.74 Å². The van der Waals surface area contributed by atoms with Crippen LogP contribution in [0.15, 0.2) is 48.5 Å². The van der Waals surface area contributed by atoms with Crippen molar-refractivity contribution in [3.8, 4) is 5.75 Å². The molecule has 0 saturated heterocycles. The van der Waals surface area contributed by atoms with Gasteiger partial charge in [-0.1, -0.05) is 30.3 Å². The number of ether oxygens (including phenoxy) is 1. The van der Waals surface area contributed by atoms with Crippen LogP contribution in [0.3, 0.4) is 0 Å². The number of amides is 1. The minimum atomic E-state index is -0.225. The molecule has 1 saturated carbocycles. The van der Waals surface area contributed by atoms with Gasteiger partial charge in [0.2, 0.25) is 5.91 Å². The predicted molar refractivity (Wildman–Crippen MR) is 91.4 cm³/mol. The van der Waals surface area contributed by atoms with Gasteiger partial charge in [-0.05, 0) is 55.5 Å². The number of carbonyl (C=O) groups is 1. The summed E-state index contributed by atoms with van der Waals surface area (Å²) >= 11 is 0. The molecule has 0 radical (unpaired) electrons. The highest BCUT2D eigenvalue weighted by molar-refractivity contribution is 5.83. The number of hydrogen-bond donors (Lipinski definition) is 1. The molecule has 24 heavy (non-hydrogen) atoms. The minimum absolute atomic E-state index is 0.00118. The van der Waals surface area contributed by atoms with Crippen LogP contribution >= 0.6 is 0 Å². The summed E-state index contributed by atoms with van der Waals surface area (Å²) in [5.41, 5.74) is 1.67. The van der Waals surface area contributed by atoms with Crippen molar-refractivity contribution in [3.05, 3.63) is 65.5 Å². The molecule has 3 nitrogen and oxygen atoms in total. The van der Waals surface area contributed by atoms with Crippen LogP contribution in [0.2, 0.25) is 0 Å². The molecule has 1 aliphatic carbocycles. The number of hydrogen-bond acceptors (Lipinski definition) is 2. The zero-order valence-corrected chi connectivity index (χ0v) is 14.0. The molecule has 1 fully saturated rings. The lowest BCUT2D eigenvalue weighted by molar-refractivity contribution is -0.123. The van der Waals surface area contributed by atoms with E-state index >= 15 is 0 Å². The zero-order valence-electron chi connectivity index (χ0n) is 14.0. The topological polar surface area (TPSA) is 38.3 Å². The van der Waals surface area contributed by atoms with Crippen molar-refractivity contribution in [3.63, 3.8) is 0 Å². The molecule has 0 heterocycles. The molecule has 3 rings (SSSR count). The number of halogens is 1. The standard InChI is InChI=1S/C20H22FNO2/c1-3-24-15-10-8-14(9-11-15)13(2)22-20(23)18-12-17(18)16-6-4-5-7-19(16)21/h4-11,13,17-18H,3,12H2,1-2H3,(H,22,23). The zero-order chi connectivity index (χ0) is 17.1. The first kappa shape index (κ1) is 16.5. The Morgan fingerprint density at radius 3 is 2.62 bits per heavy atom. The smallest absolute Gasteiger partial charge is 0.224 e. The Morgan fingerprint density at radius 1 is 1.25 bits per heavy atom. The summed E-state index contributed by atoms with van der Waals surface area (Å²) in [6, 6.07) is 14.3. The van der Waals surface area contributed by atoms with Crippen molar-refractivity contribution in [2.24, 2.45) is 5.92 Å². The van der Waals surface area contributed by atoms with Gasteiger partial charge in [-0.3, -0.25) is 4.79 Å². The van der Waals surface area contributed by atoms with Crippen molar-refractivity contribution >= 4 is 5.91 Å². The highest BCUT2D eigenvalue weighted by Crippen LogP contribution is 2.48. The Balaban J connectivity index is 1.58. The molecule has 126 valence electrons. The van der Waals surface area contributed by atoms with Crippen LogP contribution in [0.5, 0.6) is 5.75 Å². The van der Waals surface area contributed by atoms with Crippen LogP contribution in [0.4, 0.5) is 4.39 Å². The second-order valence-electron chi connectivity index (χ2n) is 6.20. The highest BCUT2D eigenvalue weighted by atomic mass is 19.1. The van der Waals surface area contributed by atoms with E-state index in [1.807, 2.05) is 44.2 Å². The SMILES string of the molecule is CCOc1ccc(C(C)NC(=O)C2CC2c2ccccc2F)cc1.